The topological polar surface area (TPSA) is 32.3 Å². The minimum Gasteiger partial charge on any atom is -0.342 e. The van der Waals surface area contributed by atoms with Crippen molar-refractivity contribution in [3.05, 3.63) is 0 Å². The fourth-order valence-electron chi connectivity index (χ4n) is 2.16. The smallest absolute Gasteiger partial charge is 0.236 e. The van der Waals surface area contributed by atoms with Crippen LogP contribution in [0.5, 0.6) is 0 Å². The molecule has 0 aromatic rings. The lowest BCUT2D eigenvalue weighted by Crippen LogP contribution is -2.42. The molecule has 1 N–H and O–H groups in total. The van der Waals surface area contributed by atoms with Crippen LogP contribution in [0.3, 0.4) is 0 Å². The Morgan fingerprint density at radius 1 is 1.47 bits per heavy atom. The van der Waals surface area contributed by atoms with Crippen molar-refractivity contribution < 1.29 is 4.79 Å². The molecule has 3 nitrogen and oxygen atoms in total. The number of carbonyl (C=O) groups is 1. The molecule has 4 heteroatoms. The fourth-order valence-corrected chi connectivity index (χ4v) is 3.30. The van der Waals surface area contributed by atoms with Crippen molar-refractivity contribution in [3.8, 4) is 0 Å². The van der Waals surface area contributed by atoms with Crippen molar-refractivity contribution in [1.29, 1.82) is 0 Å². The number of amides is 1. The summed E-state index contributed by atoms with van der Waals surface area (Å²) in [5, 5.41) is 4.20. The summed E-state index contributed by atoms with van der Waals surface area (Å²) in [6.45, 7) is 6.79. The largest absolute Gasteiger partial charge is 0.342 e. The van der Waals surface area contributed by atoms with E-state index in [1.165, 1.54) is 25.0 Å². The van der Waals surface area contributed by atoms with Gasteiger partial charge < -0.3 is 10.2 Å². The van der Waals surface area contributed by atoms with Crippen molar-refractivity contribution in [1.82, 2.24) is 10.2 Å². The number of hydrogen-bond donors (Lipinski definition) is 1. The van der Waals surface area contributed by atoms with Crippen molar-refractivity contribution in [3.63, 3.8) is 0 Å². The second-order valence-corrected chi connectivity index (χ2v) is 6.64. The highest BCUT2D eigenvalue weighted by molar-refractivity contribution is 7.99. The minimum atomic E-state index is 0.201. The summed E-state index contributed by atoms with van der Waals surface area (Å²) in [6.07, 6.45) is 3.73. The van der Waals surface area contributed by atoms with Crippen LogP contribution < -0.4 is 5.32 Å². The van der Waals surface area contributed by atoms with Crippen LogP contribution in [0.4, 0.5) is 0 Å². The molecule has 100 valence electrons. The number of hydrogen-bond acceptors (Lipinski definition) is 3. The molecule has 1 fully saturated rings. The molecule has 2 unspecified atom stereocenters. The molecule has 0 aromatic heterocycles. The van der Waals surface area contributed by atoms with Gasteiger partial charge in [-0.25, -0.2) is 0 Å². The first-order valence-corrected chi connectivity index (χ1v) is 7.70. The van der Waals surface area contributed by atoms with Gasteiger partial charge in [0.25, 0.3) is 0 Å². The van der Waals surface area contributed by atoms with E-state index < -0.39 is 0 Å². The van der Waals surface area contributed by atoms with Crippen LogP contribution in [-0.4, -0.2) is 47.5 Å². The lowest BCUT2D eigenvalue weighted by Gasteiger charge is -2.22. The van der Waals surface area contributed by atoms with E-state index in [0.29, 0.717) is 12.6 Å². The Bertz CT molecular complexity index is 246. The van der Waals surface area contributed by atoms with Gasteiger partial charge in [0.1, 0.15) is 0 Å². The summed E-state index contributed by atoms with van der Waals surface area (Å²) in [5.74, 6) is 1.40. The van der Waals surface area contributed by atoms with Gasteiger partial charge in [-0.1, -0.05) is 6.92 Å². The Labute approximate surface area is 110 Å². The zero-order chi connectivity index (χ0) is 12.8. The Kier molecular flexibility index (Phi) is 6.34. The Balaban J connectivity index is 2.21. The molecule has 0 spiro atoms. The van der Waals surface area contributed by atoms with Crippen LogP contribution in [-0.2, 0) is 4.79 Å². The summed E-state index contributed by atoms with van der Waals surface area (Å²) in [7, 11) is 1.87. The molecule has 17 heavy (non-hydrogen) atoms. The van der Waals surface area contributed by atoms with Crippen LogP contribution in [0.15, 0.2) is 0 Å². The van der Waals surface area contributed by atoms with Gasteiger partial charge in [-0.05, 0) is 38.9 Å². The number of thioether (sulfide) groups is 1. The van der Waals surface area contributed by atoms with E-state index in [9.17, 15) is 4.79 Å². The minimum absolute atomic E-state index is 0.201. The number of rotatable bonds is 6. The van der Waals surface area contributed by atoms with E-state index in [0.717, 1.165) is 5.25 Å². The van der Waals surface area contributed by atoms with Gasteiger partial charge in [0.2, 0.25) is 5.91 Å². The van der Waals surface area contributed by atoms with Crippen LogP contribution >= 0.6 is 11.8 Å². The van der Waals surface area contributed by atoms with E-state index in [1.54, 1.807) is 4.90 Å². The van der Waals surface area contributed by atoms with Gasteiger partial charge in [-0.3, -0.25) is 4.79 Å². The van der Waals surface area contributed by atoms with Crippen molar-refractivity contribution in [2.75, 3.05) is 19.3 Å². The molecule has 0 radical (unpaired) electrons. The second-order valence-electron chi connectivity index (χ2n) is 5.07. The molecule has 1 rings (SSSR count). The van der Waals surface area contributed by atoms with E-state index in [1.807, 2.05) is 20.9 Å². The van der Waals surface area contributed by atoms with Crippen molar-refractivity contribution >= 4 is 17.7 Å². The van der Waals surface area contributed by atoms with Crippen molar-refractivity contribution in [2.24, 2.45) is 0 Å². The van der Waals surface area contributed by atoms with E-state index in [2.05, 4.69) is 24.0 Å². The van der Waals surface area contributed by atoms with Crippen LogP contribution in [0.1, 0.15) is 40.0 Å². The first kappa shape index (κ1) is 14.8. The number of nitrogens with zero attached hydrogens (tertiary/aromatic N) is 1. The number of likely N-dealkylation sites (N-methyl/N-ethyl adjacent to an activating group) is 1. The maximum atomic E-state index is 11.8. The highest BCUT2D eigenvalue weighted by Gasteiger charge is 2.25. The lowest BCUT2D eigenvalue weighted by molar-refractivity contribution is -0.130. The molecule has 0 aliphatic heterocycles. The predicted molar refractivity (Wildman–Crippen MR) is 75.5 cm³/mol. The molecule has 1 amide bonds. The molecule has 2 atom stereocenters. The van der Waals surface area contributed by atoms with Gasteiger partial charge in [0.15, 0.2) is 0 Å². The Hall–Kier alpha value is -0.220. The summed E-state index contributed by atoms with van der Waals surface area (Å²) in [6, 6.07) is 0.833. The van der Waals surface area contributed by atoms with Crippen LogP contribution in [0, 0.1) is 0 Å². The Morgan fingerprint density at radius 2 is 2.18 bits per heavy atom. The lowest BCUT2D eigenvalue weighted by atomic mass is 10.2. The highest BCUT2D eigenvalue weighted by Crippen LogP contribution is 2.29. The quantitative estimate of drug-likeness (QED) is 0.792. The second kappa shape index (κ2) is 7.27. The SMILES string of the molecule is CCSC1CCC(NCC(=O)N(C)C(C)C)C1. The van der Waals surface area contributed by atoms with Crippen LogP contribution in [0.25, 0.3) is 0 Å². The fraction of sp³-hybridized carbons (Fsp3) is 0.923. The third-order valence-corrected chi connectivity index (χ3v) is 4.73. The normalized spacial score (nSPS) is 24.3. The molecule has 1 saturated carbocycles. The van der Waals surface area contributed by atoms with Gasteiger partial charge in [0.05, 0.1) is 6.54 Å². The van der Waals surface area contributed by atoms with Gasteiger partial charge in [-0.2, -0.15) is 11.8 Å². The first-order valence-electron chi connectivity index (χ1n) is 6.65. The molecular formula is C13H26N2OS. The van der Waals surface area contributed by atoms with Gasteiger partial charge in [0, 0.05) is 24.4 Å². The molecular weight excluding hydrogens is 232 g/mol. The van der Waals surface area contributed by atoms with E-state index in [-0.39, 0.29) is 11.9 Å². The molecule has 1 aliphatic rings. The zero-order valence-electron chi connectivity index (χ0n) is 11.5. The van der Waals surface area contributed by atoms with Gasteiger partial charge >= 0.3 is 0 Å². The number of carbonyl (C=O) groups excluding carboxylic acids is 1. The predicted octanol–water partition coefficient (Wildman–Crippen LogP) is 2.12. The maximum absolute atomic E-state index is 11.8. The molecule has 0 heterocycles. The summed E-state index contributed by atoms with van der Waals surface area (Å²) in [5.41, 5.74) is 0. The Morgan fingerprint density at radius 3 is 2.76 bits per heavy atom. The van der Waals surface area contributed by atoms with E-state index in [4.69, 9.17) is 0 Å². The summed E-state index contributed by atoms with van der Waals surface area (Å²) >= 11 is 2.05. The third kappa shape index (κ3) is 4.88. The van der Waals surface area contributed by atoms with Crippen molar-refractivity contribution in [2.45, 2.75) is 57.4 Å². The summed E-state index contributed by atoms with van der Waals surface area (Å²) < 4.78 is 0. The van der Waals surface area contributed by atoms with Crippen LogP contribution in [0.2, 0.25) is 0 Å². The summed E-state index contributed by atoms with van der Waals surface area (Å²) in [4.78, 5) is 13.6. The van der Waals surface area contributed by atoms with E-state index >= 15 is 0 Å². The zero-order valence-corrected chi connectivity index (χ0v) is 12.3. The molecule has 0 aromatic carbocycles. The molecule has 1 aliphatic carbocycles. The first-order chi connectivity index (χ1) is 8.04. The monoisotopic (exact) mass is 258 g/mol. The average Bonchev–Trinajstić information content (AvgIpc) is 2.73. The standard InChI is InChI=1S/C13H26N2OS/c1-5-17-12-7-6-11(8-12)14-9-13(16)15(4)10(2)3/h10-12,14H,5-9H2,1-4H3. The third-order valence-electron chi connectivity index (χ3n) is 3.50. The highest BCUT2D eigenvalue weighted by atomic mass is 32.2. The maximum Gasteiger partial charge on any atom is 0.236 e. The number of nitrogens with one attached hydrogen (secondary N) is 1. The average molecular weight is 258 g/mol. The molecule has 0 bridgehead atoms. The molecule has 0 saturated heterocycles. The van der Waals surface area contributed by atoms with Gasteiger partial charge in [-0.15, -0.1) is 0 Å².